The summed E-state index contributed by atoms with van der Waals surface area (Å²) in [6.07, 6.45) is 5.52. The van der Waals surface area contributed by atoms with Gasteiger partial charge < -0.3 is 16.0 Å². The molecule has 1 aliphatic rings. The molecule has 102 valence electrons. The molecule has 4 nitrogen and oxygen atoms in total. The summed E-state index contributed by atoms with van der Waals surface area (Å²) in [4.78, 5) is 13.3. The minimum absolute atomic E-state index is 0.523. The molecule has 2 rings (SSSR count). The number of urea groups is 1. The maximum absolute atomic E-state index is 10.9. The van der Waals surface area contributed by atoms with Gasteiger partial charge in [0.2, 0.25) is 0 Å². The average Bonchev–Trinajstić information content (AvgIpc) is 2.77. The van der Waals surface area contributed by atoms with Crippen LogP contribution in [0.2, 0.25) is 0 Å². The van der Waals surface area contributed by atoms with Crippen LogP contribution in [0, 0.1) is 0 Å². The van der Waals surface area contributed by atoms with Crippen LogP contribution in [0.1, 0.15) is 25.3 Å². The molecule has 3 N–H and O–H groups in total. The summed E-state index contributed by atoms with van der Waals surface area (Å²) in [7, 11) is 0. The molecule has 1 heterocycles. The van der Waals surface area contributed by atoms with Crippen molar-refractivity contribution in [2.75, 3.05) is 18.4 Å². The summed E-state index contributed by atoms with van der Waals surface area (Å²) in [5.41, 5.74) is 8.47. The van der Waals surface area contributed by atoms with Gasteiger partial charge in [-0.3, -0.25) is 0 Å². The van der Waals surface area contributed by atoms with E-state index >= 15 is 0 Å². The molecule has 0 saturated carbocycles. The molecule has 4 heteroatoms. The highest BCUT2D eigenvalue weighted by Crippen LogP contribution is 2.21. The van der Waals surface area contributed by atoms with Gasteiger partial charge in [-0.05, 0) is 30.5 Å². The Bertz CT molecular complexity index is 482. The number of hydrogen-bond acceptors (Lipinski definition) is 2. The zero-order chi connectivity index (χ0) is 13.7. The molecule has 0 bridgehead atoms. The number of primary amides is 1. The molecule has 0 aromatic heterocycles. The number of anilines is 1. The van der Waals surface area contributed by atoms with Gasteiger partial charge in [0.15, 0.2) is 0 Å². The normalized spacial score (nSPS) is 14.4. The quantitative estimate of drug-likeness (QED) is 0.854. The van der Waals surface area contributed by atoms with Crippen LogP contribution in [0.4, 0.5) is 10.5 Å². The summed E-state index contributed by atoms with van der Waals surface area (Å²) >= 11 is 0. The molecule has 1 aliphatic heterocycles. The third-order valence-electron chi connectivity index (χ3n) is 3.26. The van der Waals surface area contributed by atoms with Gasteiger partial charge in [0.25, 0.3) is 0 Å². The van der Waals surface area contributed by atoms with Crippen LogP contribution in [-0.4, -0.2) is 24.0 Å². The zero-order valence-electron chi connectivity index (χ0n) is 11.4. The van der Waals surface area contributed by atoms with Gasteiger partial charge in [-0.1, -0.05) is 25.1 Å². The van der Waals surface area contributed by atoms with Crippen LogP contribution < -0.4 is 11.1 Å². The second-order valence-corrected chi connectivity index (χ2v) is 4.84. The van der Waals surface area contributed by atoms with E-state index in [0.717, 1.165) is 31.6 Å². The Labute approximate surface area is 114 Å². The Morgan fingerprint density at radius 3 is 3.05 bits per heavy atom. The molecular formula is C15H21N3O. The Kier molecular flexibility index (Phi) is 4.44. The maximum Gasteiger partial charge on any atom is 0.316 e. The molecule has 0 unspecified atom stereocenters. The predicted octanol–water partition coefficient (Wildman–Crippen LogP) is 2.72. The number of rotatable bonds is 5. The van der Waals surface area contributed by atoms with Gasteiger partial charge in [-0.15, -0.1) is 0 Å². The Balaban J connectivity index is 2.04. The monoisotopic (exact) mass is 259 g/mol. The molecule has 0 radical (unpaired) electrons. The molecule has 1 aromatic carbocycles. The van der Waals surface area contributed by atoms with Crippen LogP contribution in [0.25, 0.3) is 0 Å². The number of carbonyl (C=O) groups excluding carboxylic acids is 1. The lowest BCUT2D eigenvalue weighted by Crippen LogP contribution is -2.22. The Morgan fingerprint density at radius 1 is 1.47 bits per heavy atom. The van der Waals surface area contributed by atoms with E-state index in [1.807, 2.05) is 18.2 Å². The largest absolute Gasteiger partial charge is 0.375 e. The lowest BCUT2D eigenvalue weighted by atomic mass is 10.1. The van der Waals surface area contributed by atoms with Gasteiger partial charge in [0.1, 0.15) is 0 Å². The van der Waals surface area contributed by atoms with Crippen molar-refractivity contribution in [1.29, 1.82) is 0 Å². The summed E-state index contributed by atoms with van der Waals surface area (Å²) in [6, 6.07) is 7.33. The molecule has 2 amide bonds. The fraction of sp³-hybridized carbons (Fsp3) is 0.400. The fourth-order valence-corrected chi connectivity index (χ4v) is 2.48. The van der Waals surface area contributed by atoms with Gasteiger partial charge in [-0.25, -0.2) is 4.79 Å². The van der Waals surface area contributed by atoms with Crippen molar-refractivity contribution in [3.05, 3.63) is 41.6 Å². The summed E-state index contributed by atoms with van der Waals surface area (Å²) in [6.45, 7) is 4.45. The van der Waals surface area contributed by atoms with Crippen LogP contribution in [-0.2, 0) is 6.42 Å². The topological polar surface area (TPSA) is 58.4 Å². The van der Waals surface area contributed by atoms with Gasteiger partial charge in [-0.2, -0.15) is 0 Å². The van der Waals surface area contributed by atoms with E-state index < -0.39 is 6.03 Å². The van der Waals surface area contributed by atoms with Crippen LogP contribution in [0.3, 0.4) is 0 Å². The first-order valence-corrected chi connectivity index (χ1v) is 6.78. The van der Waals surface area contributed by atoms with E-state index in [9.17, 15) is 4.79 Å². The number of nitrogens with zero attached hydrogens (tertiary/aromatic N) is 1. The van der Waals surface area contributed by atoms with Crippen molar-refractivity contribution in [2.24, 2.45) is 5.73 Å². The van der Waals surface area contributed by atoms with Gasteiger partial charge >= 0.3 is 6.03 Å². The molecule has 1 aromatic rings. The lowest BCUT2D eigenvalue weighted by molar-refractivity contribution is 0.259. The molecule has 0 spiro atoms. The molecule has 0 fully saturated rings. The molecule has 19 heavy (non-hydrogen) atoms. The van der Waals surface area contributed by atoms with Gasteiger partial charge in [0, 0.05) is 30.9 Å². The van der Waals surface area contributed by atoms with Gasteiger partial charge in [0.05, 0.1) is 0 Å². The van der Waals surface area contributed by atoms with Crippen LogP contribution in [0.5, 0.6) is 0 Å². The van der Waals surface area contributed by atoms with Crippen molar-refractivity contribution in [3.8, 4) is 0 Å². The Morgan fingerprint density at radius 2 is 2.32 bits per heavy atom. The smallest absolute Gasteiger partial charge is 0.316 e. The van der Waals surface area contributed by atoms with Crippen LogP contribution in [0.15, 0.2) is 36.0 Å². The second kappa shape index (κ2) is 6.27. The first-order chi connectivity index (χ1) is 9.19. The fourth-order valence-electron chi connectivity index (χ4n) is 2.48. The second-order valence-electron chi connectivity index (χ2n) is 4.84. The predicted molar refractivity (Wildman–Crippen MR) is 77.9 cm³/mol. The number of amides is 2. The number of nitrogens with one attached hydrogen (secondary N) is 1. The zero-order valence-corrected chi connectivity index (χ0v) is 11.4. The summed E-state index contributed by atoms with van der Waals surface area (Å²) in [5.74, 6) is 0. The number of carbonyl (C=O) groups is 1. The van der Waals surface area contributed by atoms with E-state index in [1.165, 1.54) is 17.7 Å². The molecule has 0 aliphatic carbocycles. The molecule has 0 atom stereocenters. The minimum atomic E-state index is -0.523. The highest BCUT2D eigenvalue weighted by atomic mass is 16.2. The van der Waals surface area contributed by atoms with E-state index in [-0.39, 0.29) is 0 Å². The standard InChI is InChI=1S/C15H21N3O/c1-2-8-18-9-4-7-14(18)11-12-5-3-6-13(10-12)17-15(16)19/h3,5-7,10H,2,4,8-9,11H2,1H3,(H3,16,17,19). The number of allylic oxidation sites excluding steroid dienone is 1. The van der Waals surface area contributed by atoms with Crippen LogP contribution >= 0.6 is 0 Å². The number of benzene rings is 1. The van der Waals surface area contributed by atoms with E-state index in [4.69, 9.17) is 5.73 Å². The van der Waals surface area contributed by atoms with E-state index in [1.54, 1.807) is 0 Å². The first kappa shape index (κ1) is 13.5. The SMILES string of the molecule is CCCN1CCC=C1Cc1cccc(NC(N)=O)c1. The summed E-state index contributed by atoms with van der Waals surface area (Å²) in [5, 5.41) is 2.61. The van der Waals surface area contributed by atoms with Crippen molar-refractivity contribution in [2.45, 2.75) is 26.2 Å². The van der Waals surface area contributed by atoms with E-state index in [0.29, 0.717) is 0 Å². The molecular weight excluding hydrogens is 238 g/mol. The third kappa shape index (κ3) is 3.74. The minimum Gasteiger partial charge on any atom is -0.375 e. The number of nitrogens with two attached hydrogens (primary N) is 1. The highest BCUT2D eigenvalue weighted by molar-refractivity contribution is 5.87. The van der Waals surface area contributed by atoms with Crippen molar-refractivity contribution in [3.63, 3.8) is 0 Å². The van der Waals surface area contributed by atoms with Crippen molar-refractivity contribution >= 4 is 11.7 Å². The van der Waals surface area contributed by atoms with E-state index in [2.05, 4.69) is 29.3 Å². The van der Waals surface area contributed by atoms with Crippen molar-refractivity contribution in [1.82, 2.24) is 4.90 Å². The summed E-state index contributed by atoms with van der Waals surface area (Å²) < 4.78 is 0. The molecule has 0 saturated heterocycles. The third-order valence-corrected chi connectivity index (χ3v) is 3.26. The average molecular weight is 259 g/mol. The maximum atomic E-state index is 10.9. The van der Waals surface area contributed by atoms with Crippen molar-refractivity contribution < 1.29 is 4.79 Å². The Hall–Kier alpha value is -1.97. The first-order valence-electron chi connectivity index (χ1n) is 6.78. The lowest BCUT2D eigenvalue weighted by Gasteiger charge is -2.22. The number of hydrogen-bond donors (Lipinski definition) is 2. The highest BCUT2D eigenvalue weighted by Gasteiger charge is 2.14.